The Balaban J connectivity index is 2.22. The monoisotopic (exact) mass is 425 g/mol. The van der Waals surface area contributed by atoms with Gasteiger partial charge in [-0.15, -0.1) is 0 Å². The van der Waals surface area contributed by atoms with Crippen molar-refractivity contribution in [2.75, 3.05) is 20.3 Å². The van der Waals surface area contributed by atoms with Crippen molar-refractivity contribution in [1.82, 2.24) is 4.90 Å². The van der Waals surface area contributed by atoms with Crippen molar-refractivity contribution < 1.29 is 23.8 Å². The van der Waals surface area contributed by atoms with Crippen LogP contribution in [0, 0.1) is 12.7 Å². The fourth-order valence-corrected chi connectivity index (χ4v) is 3.78. The molecule has 1 amide bonds. The summed E-state index contributed by atoms with van der Waals surface area (Å²) in [6.45, 7) is 8.41. The molecule has 0 aliphatic carbocycles. The summed E-state index contributed by atoms with van der Waals surface area (Å²) in [5.41, 5.74) is 2.66. The Morgan fingerprint density at radius 2 is 1.77 bits per heavy atom. The number of benzene rings is 2. The molecule has 1 aliphatic heterocycles. The van der Waals surface area contributed by atoms with E-state index in [0.717, 1.165) is 11.1 Å². The molecule has 1 atom stereocenters. The first-order chi connectivity index (χ1) is 14.6. The molecule has 31 heavy (non-hydrogen) atoms. The van der Waals surface area contributed by atoms with E-state index in [1.807, 2.05) is 25.1 Å². The summed E-state index contributed by atoms with van der Waals surface area (Å²) < 4.78 is 18.6. The van der Waals surface area contributed by atoms with E-state index in [1.54, 1.807) is 0 Å². The van der Waals surface area contributed by atoms with Crippen molar-refractivity contribution in [2.45, 2.75) is 39.2 Å². The Morgan fingerprint density at radius 1 is 1.13 bits per heavy atom. The fourth-order valence-electron chi connectivity index (χ4n) is 3.78. The molecular formula is C25H28FNO4. The van der Waals surface area contributed by atoms with Crippen molar-refractivity contribution in [3.05, 3.63) is 76.1 Å². The van der Waals surface area contributed by atoms with E-state index in [0.29, 0.717) is 11.1 Å². The molecule has 3 rings (SSSR count). The van der Waals surface area contributed by atoms with Crippen LogP contribution in [0.2, 0.25) is 0 Å². The van der Waals surface area contributed by atoms with E-state index in [1.165, 1.54) is 36.3 Å². The van der Waals surface area contributed by atoms with Crippen LogP contribution in [0.15, 0.2) is 48.0 Å². The van der Waals surface area contributed by atoms with Crippen LogP contribution >= 0.6 is 0 Å². The molecule has 6 heteroatoms. The molecule has 1 saturated heterocycles. The molecule has 1 heterocycles. The number of hydrogen-bond donors (Lipinski definition) is 1. The Morgan fingerprint density at radius 3 is 2.35 bits per heavy atom. The van der Waals surface area contributed by atoms with Crippen molar-refractivity contribution in [1.29, 1.82) is 0 Å². The topological polar surface area (TPSA) is 66.8 Å². The van der Waals surface area contributed by atoms with Gasteiger partial charge in [0.05, 0.1) is 18.2 Å². The van der Waals surface area contributed by atoms with Crippen LogP contribution in [0.5, 0.6) is 0 Å². The lowest BCUT2D eigenvalue weighted by atomic mass is 9.84. The zero-order valence-corrected chi connectivity index (χ0v) is 18.5. The first-order valence-corrected chi connectivity index (χ1v) is 10.2. The molecule has 1 unspecified atom stereocenters. The van der Waals surface area contributed by atoms with Gasteiger partial charge in [0.15, 0.2) is 0 Å². The summed E-state index contributed by atoms with van der Waals surface area (Å²) in [7, 11) is 1.50. The molecular weight excluding hydrogens is 397 g/mol. The zero-order chi connectivity index (χ0) is 22.9. The molecule has 0 bridgehead atoms. The van der Waals surface area contributed by atoms with Gasteiger partial charge in [0.2, 0.25) is 0 Å². The summed E-state index contributed by atoms with van der Waals surface area (Å²) in [6, 6.07) is 10.5. The number of Topliss-reactive ketones (excluding diaryl/α,β-unsaturated/α-hetero) is 1. The predicted octanol–water partition coefficient (Wildman–Crippen LogP) is 4.50. The largest absolute Gasteiger partial charge is 0.507 e. The predicted molar refractivity (Wildman–Crippen MR) is 117 cm³/mol. The highest BCUT2D eigenvalue weighted by Crippen LogP contribution is 2.40. The molecule has 0 saturated carbocycles. The first-order valence-electron chi connectivity index (χ1n) is 10.2. The fraction of sp³-hybridized carbons (Fsp3) is 0.360. The number of methoxy groups -OCH3 is 1. The van der Waals surface area contributed by atoms with Crippen LogP contribution < -0.4 is 0 Å². The number of halogens is 1. The highest BCUT2D eigenvalue weighted by molar-refractivity contribution is 6.46. The van der Waals surface area contributed by atoms with Gasteiger partial charge in [-0.1, -0.05) is 45.0 Å². The maximum atomic E-state index is 13.5. The molecule has 5 nitrogen and oxygen atoms in total. The lowest BCUT2D eigenvalue weighted by molar-refractivity contribution is -0.140. The van der Waals surface area contributed by atoms with E-state index < -0.39 is 23.5 Å². The lowest BCUT2D eigenvalue weighted by Gasteiger charge is -2.25. The molecule has 164 valence electrons. The number of likely N-dealkylation sites (tertiary alicyclic amines) is 1. The van der Waals surface area contributed by atoms with Gasteiger partial charge in [0.1, 0.15) is 11.6 Å². The standard InChI is InChI=1S/C25H28FNO4/c1-15-6-9-17(25(2,3)4)14-19(15)22(28)20-21(16-7-10-18(26)11-8-16)27(12-13-31-5)24(30)23(20)29/h6-11,14,21,28H,12-13H2,1-5H3/b22-20+. The summed E-state index contributed by atoms with van der Waals surface area (Å²) in [6.07, 6.45) is 0. The molecule has 0 spiro atoms. The molecule has 2 aromatic carbocycles. The van der Waals surface area contributed by atoms with Crippen molar-refractivity contribution in [2.24, 2.45) is 0 Å². The van der Waals surface area contributed by atoms with Crippen LogP contribution in [-0.2, 0) is 19.7 Å². The number of amides is 1. The minimum Gasteiger partial charge on any atom is -0.507 e. The number of ketones is 1. The van der Waals surface area contributed by atoms with Gasteiger partial charge in [0.25, 0.3) is 11.7 Å². The molecule has 0 radical (unpaired) electrons. The maximum Gasteiger partial charge on any atom is 0.295 e. The number of ether oxygens (including phenoxy) is 1. The first kappa shape index (κ1) is 22.7. The highest BCUT2D eigenvalue weighted by atomic mass is 19.1. The van der Waals surface area contributed by atoms with Crippen LogP contribution in [0.3, 0.4) is 0 Å². The van der Waals surface area contributed by atoms with E-state index in [9.17, 15) is 19.1 Å². The minimum atomic E-state index is -0.826. The SMILES string of the molecule is COCCN1C(=O)C(=O)/C(=C(/O)c2cc(C(C)(C)C)ccc2C)C1c1ccc(F)cc1. The van der Waals surface area contributed by atoms with Crippen LogP contribution in [0.1, 0.15) is 49.1 Å². The highest BCUT2D eigenvalue weighted by Gasteiger charge is 2.46. The Kier molecular flexibility index (Phi) is 6.32. The van der Waals surface area contributed by atoms with E-state index in [4.69, 9.17) is 4.74 Å². The van der Waals surface area contributed by atoms with E-state index in [-0.39, 0.29) is 29.9 Å². The van der Waals surface area contributed by atoms with Gasteiger partial charge < -0.3 is 14.7 Å². The molecule has 1 N–H and O–H groups in total. The van der Waals surface area contributed by atoms with E-state index in [2.05, 4.69) is 20.8 Å². The third-order valence-corrected chi connectivity index (χ3v) is 5.62. The summed E-state index contributed by atoms with van der Waals surface area (Å²) in [5.74, 6) is -2.12. The number of aliphatic hydroxyl groups is 1. The van der Waals surface area contributed by atoms with Crippen LogP contribution in [0.4, 0.5) is 4.39 Å². The average molecular weight is 426 g/mol. The van der Waals surface area contributed by atoms with Gasteiger partial charge >= 0.3 is 0 Å². The lowest BCUT2D eigenvalue weighted by Crippen LogP contribution is -2.32. The number of hydrogen-bond acceptors (Lipinski definition) is 4. The number of carbonyl (C=O) groups is 2. The number of aryl methyl sites for hydroxylation is 1. The average Bonchev–Trinajstić information content (AvgIpc) is 2.96. The molecule has 2 aromatic rings. The number of nitrogens with zero attached hydrogens (tertiary/aromatic N) is 1. The number of aliphatic hydroxyl groups excluding tert-OH is 1. The Bertz CT molecular complexity index is 1030. The van der Waals surface area contributed by atoms with E-state index >= 15 is 0 Å². The van der Waals surface area contributed by atoms with Crippen LogP contribution in [0.25, 0.3) is 5.76 Å². The number of carbonyl (C=O) groups excluding carboxylic acids is 2. The van der Waals surface area contributed by atoms with Gasteiger partial charge in [-0.05, 0) is 47.2 Å². The summed E-state index contributed by atoms with van der Waals surface area (Å²) >= 11 is 0. The third-order valence-electron chi connectivity index (χ3n) is 5.62. The number of rotatable bonds is 5. The van der Waals surface area contributed by atoms with Gasteiger partial charge in [-0.25, -0.2) is 4.39 Å². The smallest absolute Gasteiger partial charge is 0.295 e. The van der Waals surface area contributed by atoms with Gasteiger partial charge in [-0.3, -0.25) is 9.59 Å². The van der Waals surface area contributed by atoms with Gasteiger partial charge in [-0.2, -0.15) is 0 Å². The van der Waals surface area contributed by atoms with Crippen LogP contribution in [-0.4, -0.2) is 42.0 Å². The second-order valence-corrected chi connectivity index (χ2v) is 8.82. The van der Waals surface area contributed by atoms with Crippen molar-refractivity contribution in [3.8, 4) is 0 Å². The molecule has 0 aromatic heterocycles. The Hall–Kier alpha value is -2.99. The minimum absolute atomic E-state index is 0.00173. The quantitative estimate of drug-likeness (QED) is 0.435. The summed E-state index contributed by atoms with van der Waals surface area (Å²) in [5, 5.41) is 11.3. The van der Waals surface area contributed by atoms with Crippen molar-refractivity contribution >= 4 is 17.4 Å². The molecule has 1 aliphatic rings. The second kappa shape index (κ2) is 8.63. The third kappa shape index (κ3) is 4.39. The normalized spacial score (nSPS) is 18.6. The van der Waals surface area contributed by atoms with Gasteiger partial charge in [0, 0.05) is 19.2 Å². The molecule has 1 fully saturated rings. The maximum absolute atomic E-state index is 13.5. The Labute approximate surface area is 182 Å². The summed E-state index contributed by atoms with van der Waals surface area (Å²) in [4.78, 5) is 27.2. The second-order valence-electron chi connectivity index (χ2n) is 8.82. The zero-order valence-electron chi connectivity index (χ0n) is 18.5. The van der Waals surface area contributed by atoms with Crippen molar-refractivity contribution in [3.63, 3.8) is 0 Å².